The molecule has 0 aromatic rings. The van der Waals surface area contributed by atoms with E-state index in [1.54, 1.807) is 7.11 Å². The number of nitrogens with zero attached hydrogens (tertiary/aromatic N) is 1. The van der Waals surface area contributed by atoms with E-state index in [1.807, 2.05) is 0 Å². The summed E-state index contributed by atoms with van der Waals surface area (Å²) >= 11 is 0. The van der Waals surface area contributed by atoms with Crippen LogP contribution in [0.3, 0.4) is 0 Å². The van der Waals surface area contributed by atoms with E-state index in [1.165, 1.54) is 0 Å². The first-order valence-corrected chi connectivity index (χ1v) is 5.82. The predicted molar refractivity (Wildman–Crippen MR) is 66.0 cm³/mol. The fourth-order valence-corrected chi connectivity index (χ4v) is 1.95. The molecule has 2 N–H and O–H groups in total. The zero-order valence-corrected chi connectivity index (χ0v) is 11.2. The van der Waals surface area contributed by atoms with Gasteiger partial charge in [0.1, 0.15) is 0 Å². The second kappa shape index (κ2) is 6.46. The summed E-state index contributed by atoms with van der Waals surface area (Å²) in [5.74, 6) is 0.484. The van der Waals surface area contributed by atoms with Gasteiger partial charge in [0.15, 0.2) is 0 Å². The zero-order chi connectivity index (χ0) is 12.1. The summed E-state index contributed by atoms with van der Waals surface area (Å²) in [6, 6.07) is 0.188. The lowest BCUT2D eigenvalue weighted by Crippen LogP contribution is -2.57. The molecule has 0 radical (unpaired) electrons. The van der Waals surface area contributed by atoms with Crippen molar-refractivity contribution < 1.29 is 4.74 Å². The molecular formula is C12H28N2O. The molecule has 3 nitrogen and oxygen atoms in total. The maximum absolute atomic E-state index is 6.35. The van der Waals surface area contributed by atoms with Gasteiger partial charge in [-0.15, -0.1) is 0 Å². The number of hydrogen-bond acceptors (Lipinski definition) is 3. The minimum absolute atomic E-state index is 0.0765. The zero-order valence-electron chi connectivity index (χ0n) is 11.2. The summed E-state index contributed by atoms with van der Waals surface area (Å²) in [5, 5.41) is 0. The summed E-state index contributed by atoms with van der Waals surface area (Å²) < 4.78 is 5.10. The van der Waals surface area contributed by atoms with Crippen molar-refractivity contribution in [1.82, 2.24) is 4.90 Å². The number of hydrogen-bond donors (Lipinski definition) is 1. The molecule has 0 aliphatic carbocycles. The van der Waals surface area contributed by atoms with Crippen LogP contribution in [0.15, 0.2) is 0 Å². The lowest BCUT2D eigenvalue weighted by Gasteiger charge is -2.43. The van der Waals surface area contributed by atoms with Crippen molar-refractivity contribution in [1.29, 1.82) is 0 Å². The Morgan fingerprint density at radius 3 is 2.27 bits per heavy atom. The molecule has 0 aliphatic rings. The molecule has 0 rings (SSSR count). The molecule has 0 aromatic carbocycles. The Morgan fingerprint density at radius 2 is 1.93 bits per heavy atom. The highest BCUT2D eigenvalue weighted by Crippen LogP contribution is 2.25. The van der Waals surface area contributed by atoms with E-state index in [0.717, 1.165) is 19.4 Å². The first-order chi connectivity index (χ1) is 6.90. The van der Waals surface area contributed by atoms with Crippen molar-refractivity contribution in [2.75, 3.05) is 27.8 Å². The van der Waals surface area contributed by atoms with Gasteiger partial charge >= 0.3 is 0 Å². The van der Waals surface area contributed by atoms with Gasteiger partial charge in [0.25, 0.3) is 0 Å². The van der Waals surface area contributed by atoms with E-state index in [9.17, 15) is 0 Å². The van der Waals surface area contributed by atoms with Crippen molar-refractivity contribution >= 4 is 0 Å². The summed E-state index contributed by atoms with van der Waals surface area (Å²) in [7, 11) is 5.95. The second-order valence-electron chi connectivity index (χ2n) is 4.89. The molecule has 0 saturated carbocycles. The smallest absolute Gasteiger partial charge is 0.0465 e. The number of likely N-dealkylation sites (N-methyl/N-ethyl adjacent to an activating group) is 1. The van der Waals surface area contributed by atoms with Gasteiger partial charge in [0.2, 0.25) is 0 Å². The van der Waals surface area contributed by atoms with Gasteiger partial charge in [-0.1, -0.05) is 13.8 Å². The van der Waals surface area contributed by atoms with Crippen molar-refractivity contribution in [3.8, 4) is 0 Å². The van der Waals surface area contributed by atoms with Crippen LogP contribution < -0.4 is 5.73 Å². The van der Waals surface area contributed by atoms with Gasteiger partial charge < -0.3 is 15.4 Å². The van der Waals surface area contributed by atoms with Crippen LogP contribution in [0.4, 0.5) is 0 Å². The number of methoxy groups -OCH3 is 1. The third kappa shape index (κ3) is 3.74. The Bertz CT molecular complexity index is 173. The predicted octanol–water partition coefficient (Wildman–Crippen LogP) is 1.72. The van der Waals surface area contributed by atoms with Crippen LogP contribution in [-0.2, 0) is 4.74 Å². The first kappa shape index (κ1) is 14.9. The number of rotatable bonds is 7. The highest BCUT2D eigenvalue weighted by molar-refractivity contribution is 4.94. The Balaban J connectivity index is 4.43. The van der Waals surface area contributed by atoms with Crippen LogP contribution in [0, 0.1) is 5.92 Å². The minimum Gasteiger partial charge on any atom is -0.385 e. The van der Waals surface area contributed by atoms with Gasteiger partial charge in [0.05, 0.1) is 0 Å². The Labute approximate surface area is 95.0 Å². The maximum atomic E-state index is 6.35. The molecule has 15 heavy (non-hydrogen) atoms. The standard InChI is InChI=1S/C12H28N2O/c1-7-12(3,14(4)5)11(13)10(2)8-9-15-6/h10-11H,7-9,13H2,1-6H3. The van der Waals surface area contributed by atoms with Crippen LogP contribution in [0.25, 0.3) is 0 Å². The van der Waals surface area contributed by atoms with Gasteiger partial charge in [-0.25, -0.2) is 0 Å². The van der Waals surface area contributed by atoms with Gasteiger partial charge in [-0.05, 0) is 39.8 Å². The fraction of sp³-hybridized carbons (Fsp3) is 1.00. The van der Waals surface area contributed by atoms with Crippen LogP contribution in [0.2, 0.25) is 0 Å². The van der Waals surface area contributed by atoms with E-state index in [-0.39, 0.29) is 11.6 Å². The third-order valence-electron chi connectivity index (χ3n) is 3.85. The average molecular weight is 216 g/mol. The molecule has 0 bridgehead atoms. The van der Waals surface area contributed by atoms with Gasteiger partial charge in [0, 0.05) is 25.3 Å². The Hall–Kier alpha value is -0.120. The highest BCUT2D eigenvalue weighted by Gasteiger charge is 2.35. The Kier molecular flexibility index (Phi) is 6.41. The monoisotopic (exact) mass is 216 g/mol. The highest BCUT2D eigenvalue weighted by atomic mass is 16.5. The molecule has 0 aliphatic heterocycles. The largest absolute Gasteiger partial charge is 0.385 e. The first-order valence-electron chi connectivity index (χ1n) is 5.82. The van der Waals surface area contributed by atoms with Gasteiger partial charge in [-0.3, -0.25) is 0 Å². The van der Waals surface area contributed by atoms with E-state index < -0.39 is 0 Å². The molecule has 0 heterocycles. The number of ether oxygens (including phenoxy) is 1. The average Bonchev–Trinajstić information content (AvgIpc) is 2.23. The van der Waals surface area contributed by atoms with Crippen molar-refractivity contribution in [2.24, 2.45) is 11.7 Å². The molecule has 0 aromatic heterocycles. The third-order valence-corrected chi connectivity index (χ3v) is 3.85. The van der Waals surface area contributed by atoms with Crippen LogP contribution in [-0.4, -0.2) is 44.3 Å². The van der Waals surface area contributed by atoms with Crippen LogP contribution >= 0.6 is 0 Å². The normalized spacial score (nSPS) is 20.0. The molecule has 0 amide bonds. The summed E-state index contributed by atoms with van der Waals surface area (Å²) in [4.78, 5) is 2.24. The maximum Gasteiger partial charge on any atom is 0.0465 e. The van der Waals surface area contributed by atoms with E-state index in [0.29, 0.717) is 5.92 Å². The topological polar surface area (TPSA) is 38.5 Å². The van der Waals surface area contributed by atoms with E-state index in [2.05, 4.69) is 39.8 Å². The van der Waals surface area contributed by atoms with Crippen molar-refractivity contribution in [3.05, 3.63) is 0 Å². The molecule has 92 valence electrons. The SMILES string of the molecule is CCC(C)(C(N)C(C)CCOC)N(C)C. The quantitative estimate of drug-likeness (QED) is 0.704. The number of nitrogens with two attached hydrogens (primary N) is 1. The lowest BCUT2D eigenvalue weighted by atomic mass is 9.80. The van der Waals surface area contributed by atoms with Gasteiger partial charge in [-0.2, -0.15) is 0 Å². The van der Waals surface area contributed by atoms with Crippen molar-refractivity contribution in [3.63, 3.8) is 0 Å². The molecular weight excluding hydrogens is 188 g/mol. The van der Waals surface area contributed by atoms with E-state index in [4.69, 9.17) is 10.5 Å². The van der Waals surface area contributed by atoms with Crippen LogP contribution in [0.5, 0.6) is 0 Å². The lowest BCUT2D eigenvalue weighted by molar-refractivity contribution is 0.0908. The molecule has 3 atom stereocenters. The summed E-state index contributed by atoms with van der Waals surface area (Å²) in [6.07, 6.45) is 2.10. The van der Waals surface area contributed by atoms with Crippen LogP contribution in [0.1, 0.15) is 33.6 Å². The molecule has 3 heteroatoms. The minimum atomic E-state index is 0.0765. The molecule has 3 unspecified atom stereocenters. The molecule has 0 spiro atoms. The fourth-order valence-electron chi connectivity index (χ4n) is 1.95. The molecule has 0 saturated heterocycles. The molecule has 0 fully saturated rings. The Morgan fingerprint density at radius 1 is 1.40 bits per heavy atom. The van der Waals surface area contributed by atoms with Crippen molar-refractivity contribution in [2.45, 2.75) is 45.2 Å². The second-order valence-corrected chi connectivity index (χ2v) is 4.89. The summed E-state index contributed by atoms with van der Waals surface area (Å²) in [5.41, 5.74) is 6.43. The van der Waals surface area contributed by atoms with E-state index >= 15 is 0 Å². The summed E-state index contributed by atoms with van der Waals surface area (Å²) in [6.45, 7) is 7.44.